The molecule has 0 atom stereocenters. The molecule has 0 unspecified atom stereocenters. The fourth-order valence-electron chi connectivity index (χ4n) is 3.64. The summed E-state index contributed by atoms with van der Waals surface area (Å²) in [4.78, 5) is 3.98. The number of nitrogen functional groups attached to an aromatic ring is 1. The number of alkyl halides is 6. The molecule has 4 rings (SSSR count). The van der Waals surface area contributed by atoms with Crippen LogP contribution in [0.1, 0.15) is 23.5 Å². The van der Waals surface area contributed by atoms with Crippen molar-refractivity contribution in [2.24, 2.45) is 0 Å². The largest absolute Gasteiger partial charge is 0.419 e. The number of hydrogen-bond acceptors (Lipinski definition) is 4. The van der Waals surface area contributed by atoms with Crippen LogP contribution in [0.3, 0.4) is 0 Å². The van der Waals surface area contributed by atoms with Crippen LogP contribution in [-0.4, -0.2) is 20.9 Å². The minimum Gasteiger partial charge on any atom is -0.398 e. The Morgan fingerprint density at radius 1 is 0.941 bits per heavy atom. The standard InChI is InChI=1S/C21H14F8N4O/c22-11-5-10(6-12(23)7-11)19-31-17(32-34-19)9-33-13(3-4-20(24,25)26)8-14-16(33)2-1-15(30)18(14)21(27,28)29/h1-2,5-8H,3-4,9,30H2. The Balaban J connectivity index is 1.79. The topological polar surface area (TPSA) is 69.9 Å². The first-order valence-electron chi connectivity index (χ1n) is 9.65. The normalized spacial score (nSPS) is 12.6. The molecular formula is C21H14F8N4O. The van der Waals surface area contributed by atoms with Gasteiger partial charge in [0, 0.05) is 40.3 Å². The van der Waals surface area contributed by atoms with Gasteiger partial charge in [0.15, 0.2) is 5.82 Å². The van der Waals surface area contributed by atoms with Crippen LogP contribution in [0.5, 0.6) is 0 Å². The van der Waals surface area contributed by atoms with Crippen LogP contribution >= 0.6 is 0 Å². The molecule has 0 saturated heterocycles. The van der Waals surface area contributed by atoms with E-state index < -0.39 is 48.1 Å². The Morgan fingerprint density at radius 3 is 2.24 bits per heavy atom. The number of halogens is 8. The van der Waals surface area contributed by atoms with E-state index in [9.17, 15) is 35.1 Å². The van der Waals surface area contributed by atoms with Crippen LogP contribution in [0.2, 0.25) is 0 Å². The maximum Gasteiger partial charge on any atom is 0.419 e. The van der Waals surface area contributed by atoms with Crippen molar-refractivity contribution in [3.63, 3.8) is 0 Å². The first-order chi connectivity index (χ1) is 15.8. The summed E-state index contributed by atoms with van der Waals surface area (Å²) in [7, 11) is 0. The summed E-state index contributed by atoms with van der Waals surface area (Å²) in [6.45, 7) is -0.362. The van der Waals surface area contributed by atoms with E-state index in [0.717, 1.165) is 24.3 Å². The summed E-state index contributed by atoms with van der Waals surface area (Å²) in [6.07, 6.45) is -11.3. The highest BCUT2D eigenvalue weighted by Crippen LogP contribution is 2.40. The van der Waals surface area contributed by atoms with E-state index in [0.29, 0.717) is 6.07 Å². The van der Waals surface area contributed by atoms with Crippen molar-refractivity contribution in [2.75, 3.05) is 5.73 Å². The number of aryl methyl sites for hydroxylation is 1. The average molecular weight is 490 g/mol. The van der Waals surface area contributed by atoms with Crippen molar-refractivity contribution in [1.82, 2.24) is 14.7 Å². The maximum absolute atomic E-state index is 13.6. The van der Waals surface area contributed by atoms with Crippen LogP contribution in [-0.2, 0) is 19.1 Å². The summed E-state index contributed by atoms with van der Waals surface area (Å²) in [5.41, 5.74) is 3.58. The SMILES string of the molecule is Nc1ccc2c(cc(CCC(F)(F)F)n2Cc2noc(-c3cc(F)cc(F)c3)n2)c1C(F)(F)F. The van der Waals surface area contributed by atoms with Gasteiger partial charge in [-0.2, -0.15) is 31.3 Å². The maximum atomic E-state index is 13.6. The van der Waals surface area contributed by atoms with Gasteiger partial charge in [-0.15, -0.1) is 0 Å². The second-order valence-corrected chi connectivity index (χ2v) is 7.47. The molecule has 13 heteroatoms. The molecule has 0 saturated carbocycles. The van der Waals surface area contributed by atoms with Gasteiger partial charge in [0.05, 0.1) is 12.1 Å². The number of nitrogens with two attached hydrogens (primary N) is 1. The van der Waals surface area contributed by atoms with E-state index in [4.69, 9.17) is 10.3 Å². The number of anilines is 1. The molecule has 0 spiro atoms. The first-order valence-corrected chi connectivity index (χ1v) is 9.65. The van der Waals surface area contributed by atoms with Gasteiger partial charge in [0.1, 0.15) is 11.6 Å². The van der Waals surface area contributed by atoms with Gasteiger partial charge >= 0.3 is 12.4 Å². The highest BCUT2D eigenvalue weighted by molar-refractivity contribution is 5.89. The number of aromatic nitrogens is 3. The zero-order valence-electron chi connectivity index (χ0n) is 16.9. The van der Waals surface area contributed by atoms with E-state index in [-0.39, 0.29) is 40.4 Å². The van der Waals surface area contributed by atoms with Crippen molar-refractivity contribution >= 4 is 16.6 Å². The zero-order valence-corrected chi connectivity index (χ0v) is 16.9. The van der Waals surface area contributed by atoms with E-state index in [2.05, 4.69) is 10.1 Å². The fraction of sp³-hybridized carbons (Fsp3) is 0.238. The van der Waals surface area contributed by atoms with Crippen LogP contribution < -0.4 is 5.73 Å². The highest BCUT2D eigenvalue weighted by Gasteiger charge is 2.36. The Morgan fingerprint density at radius 2 is 1.62 bits per heavy atom. The smallest absolute Gasteiger partial charge is 0.398 e. The number of nitrogens with zero attached hydrogens (tertiary/aromatic N) is 3. The summed E-state index contributed by atoms with van der Waals surface area (Å²) in [5, 5.41) is 3.28. The van der Waals surface area contributed by atoms with E-state index in [1.807, 2.05) is 0 Å². The molecule has 180 valence electrons. The average Bonchev–Trinajstić information content (AvgIpc) is 3.29. The minimum atomic E-state index is -4.85. The summed E-state index contributed by atoms with van der Waals surface area (Å²) in [5.74, 6) is -2.21. The number of hydrogen-bond donors (Lipinski definition) is 1. The molecule has 0 amide bonds. The minimum absolute atomic E-state index is 0.0400. The van der Waals surface area contributed by atoms with Crippen LogP contribution in [0.4, 0.5) is 40.8 Å². The molecule has 0 aliphatic carbocycles. The van der Waals surface area contributed by atoms with Gasteiger partial charge in [-0.05, 0) is 36.8 Å². The molecular weight excluding hydrogens is 476 g/mol. The molecule has 2 heterocycles. The third-order valence-electron chi connectivity index (χ3n) is 5.03. The summed E-state index contributed by atoms with van der Waals surface area (Å²) >= 11 is 0. The fourth-order valence-corrected chi connectivity index (χ4v) is 3.64. The zero-order chi connectivity index (χ0) is 24.8. The van der Waals surface area contributed by atoms with Gasteiger partial charge in [-0.25, -0.2) is 8.78 Å². The van der Waals surface area contributed by atoms with Crippen molar-refractivity contribution < 1.29 is 39.6 Å². The Bertz CT molecular complexity index is 1330. The molecule has 0 radical (unpaired) electrons. The number of fused-ring (bicyclic) bond motifs is 1. The van der Waals surface area contributed by atoms with Gasteiger partial charge in [-0.3, -0.25) is 0 Å². The van der Waals surface area contributed by atoms with Crippen molar-refractivity contribution in [1.29, 1.82) is 0 Å². The van der Waals surface area contributed by atoms with Crippen molar-refractivity contribution in [3.8, 4) is 11.5 Å². The predicted octanol–water partition coefficient (Wildman–Crippen LogP) is 6.11. The third-order valence-corrected chi connectivity index (χ3v) is 5.03. The molecule has 34 heavy (non-hydrogen) atoms. The third kappa shape index (κ3) is 4.82. The van der Waals surface area contributed by atoms with E-state index in [1.165, 1.54) is 10.6 Å². The predicted molar refractivity (Wildman–Crippen MR) is 104 cm³/mol. The molecule has 2 N–H and O–H groups in total. The summed E-state index contributed by atoms with van der Waals surface area (Å²) in [6, 6.07) is 5.75. The second kappa shape index (κ2) is 8.29. The van der Waals surface area contributed by atoms with Gasteiger partial charge in [0.25, 0.3) is 5.89 Å². The first kappa shape index (κ1) is 23.5. The van der Waals surface area contributed by atoms with Crippen molar-refractivity contribution in [2.45, 2.75) is 31.7 Å². The lowest BCUT2D eigenvalue weighted by Crippen LogP contribution is -2.12. The summed E-state index contributed by atoms with van der Waals surface area (Å²) < 4.78 is 112. The Hall–Kier alpha value is -3.64. The molecule has 2 aromatic carbocycles. The molecule has 2 aromatic heterocycles. The monoisotopic (exact) mass is 490 g/mol. The Kier molecular flexibility index (Phi) is 5.74. The lowest BCUT2D eigenvalue weighted by molar-refractivity contribution is -0.136. The molecule has 0 fully saturated rings. The number of benzene rings is 2. The van der Waals surface area contributed by atoms with Gasteiger partial charge < -0.3 is 14.8 Å². The van der Waals surface area contributed by atoms with Crippen LogP contribution in [0.25, 0.3) is 22.4 Å². The lowest BCUT2D eigenvalue weighted by atomic mass is 10.1. The molecule has 4 aromatic rings. The highest BCUT2D eigenvalue weighted by atomic mass is 19.4. The molecule has 0 aliphatic rings. The molecule has 5 nitrogen and oxygen atoms in total. The van der Waals surface area contributed by atoms with Crippen LogP contribution in [0.15, 0.2) is 40.9 Å². The molecule has 0 bridgehead atoms. The second-order valence-electron chi connectivity index (χ2n) is 7.47. The quantitative estimate of drug-likeness (QED) is 0.271. The van der Waals surface area contributed by atoms with Gasteiger partial charge in [0.2, 0.25) is 0 Å². The molecule has 0 aliphatic heterocycles. The van der Waals surface area contributed by atoms with E-state index >= 15 is 0 Å². The van der Waals surface area contributed by atoms with Gasteiger partial charge in [-0.1, -0.05) is 5.16 Å². The Labute approximate surface area is 185 Å². The lowest BCUT2D eigenvalue weighted by Gasteiger charge is -2.12. The van der Waals surface area contributed by atoms with E-state index in [1.54, 1.807) is 0 Å². The number of rotatable bonds is 5. The van der Waals surface area contributed by atoms with Crippen molar-refractivity contribution in [3.05, 3.63) is 65.1 Å². The van der Waals surface area contributed by atoms with Crippen LogP contribution in [0, 0.1) is 11.6 Å².